The monoisotopic (exact) mass is 266 g/mol. The summed E-state index contributed by atoms with van der Waals surface area (Å²) in [5, 5.41) is 16.5. The van der Waals surface area contributed by atoms with E-state index >= 15 is 0 Å². The van der Waals surface area contributed by atoms with E-state index in [9.17, 15) is 5.11 Å². The van der Waals surface area contributed by atoms with E-state index < -0.39 is 0 Å². The molecule has 3 rings (SSSR count). The van der Waals surface area contributed by atoms with Gasteiger partial charge in [-0.1, -0.05) is 23.8 Å². The molecule has 3 aromatic rings. The normalized spacial score (nSPS) is 10.7. The van der Waals surface area contributed by atoms with Gasteiger partial charge in [-0.15, -0.1) is 0 Å². The molecule has 0 atom stereocenters. The first kappa shape index (κ1) is 12.2. The van der Waals surface area contributed by atoms with Crippen LogP contribution in [0.1, 0.15) is 5.56 Å². The number of aromatic nitrogens is 3. The Kier molecular flexibility index (Phi) is 2.87. The Morgan fingerprint density at radius 2 is 1.95 bits per heavy atom. The van der Waals surface area contributed by atoms with Gasteiger partial charge in [0.2, 0.25) is 0 Å². The third-order valence-electron chi connectivity index (χ3n) is 3.06. The molecule has 20 heavy (non-hydrogen) atoms. The van der Waals surface area contributed by atoms with Crippen molar-refractivity contribution in [2.45, 2.75) is 6.92 Å². The maximum Gasteiger partial charge on any atom is 0.181 e. The summed E-state index contributed by atoms with van der Waals surface area (Å²) in [6.45, 7) is 2.03. The topological polar surface area (TPSA) is 87.8 Å². The summed E-state index contributed by atoms with van der Waals surface area (Å²) in [6, 6.07) is 12.9. The molecule has 0 radical (unpaired) electrons. The molecule has 0 aliphatic rings. The predicted molar refractivity (Wildman–Crippen MR) is 78.1 cm³/mol. The number of hydrogen-bond acceptors (Lipinski definition) is 4. The second-order valence-electron chi connectivity index (χ2n) is 4.65. The van der Waals surface area contributed by atoms with Gasteiger partial charge in [-0.25, -0.2) is 4.98 Å². The molecule has 0 spiro atoms. The zero-order chi connectivity index (χ0) is 14.1. The number of nitrogens with one attached hydrogen (secondary N) is 1. The molecular formula is C15H14N4O. The highest BCUT2D eigenvalue weighted by molar-refractivity contribution is 5.67. The maximum atomic E-state index is 9.43. The van der Waals surface area contributed by atoms with Crippen LogP contribution in [-0.4, -0.2) is 20.3 Å². The lowest BCUT2D eigenvalue weighted by Gasteiger charge is -2.00. The highest BCUT2D eigenvalue weighted by Gasteiger charge is 2.09. The van der Waals surface area contributed by atoms with Crippen molar-refractivity contribution < 1.29 is 5.11 Å². The lowest BCUT2D eigenvalue weighted by atomic mass is 10.1. The van der Waals surface area contributed by atoms with Crippen LogP contribution in [0.15, 0.2) is 42.5 Å². The zero-order valence-corrected chi connectivity index (χ0v) is 11.0. The van der Waals surface area contributed by atoms with Gasteiger partial charge in [0.15, 0.2) is 11.6 Å². The van der Waals surface area contributed by atoms with Gasteiger partial charge in [-0.3, -0.25) is 5.10 Å². The number of H-pyrrole nitrogens is 1. The molecule has 0 bridgehead atoms. The van der Waals surface area contributed by atoms with Crippen molar-refractivity contribution in [3.63, 3.8) is 0 Å². The molecule has 4 N–H and O–H groups in total. The second kappa shape index (κ2) is 4.70. The summed E-state index contributed by atoms with van der Waals surface area (Å²) < 4.78 is 0. The van der Waals surface area contributed by atoms with Crippen LogP contribution in [0.4, 0.5) is 5.69 Å². The van der Waals surface area contributed by atoms with Gasteiger partial charge < -0.3 is 10.8 Å². The number of nitrogens with two attached hydrogens (primary N) is 1. The van der Waals surface area contributed by atoms with E-state index in [-0.39, 0.29) is 5.75 Å². The molecule has 1 aromatic heterocycles. The minimum Gasteiger partial charge on any atom is -0.506 e. The van der Waals surface area contributed by atoms with E-state index in [0.717, 1.165) is 16.7 Å². The van der Waals surface area contributed by atoms with Gasteiger partial charge in [-0.05, 0) is 31.2 Å². The lowest BCUT2D eigenvalue weighted by Crippen LogP contribution is -1.88. The summed E-state index contributed by atoms with van der Waals surface area (Å²) in [6.07, 6.45) is 0. The van der Waals surface area contributed by atoms with Crippen LogP contribution >= 0.6 is 0 Å². The fourth-order valence-corrected chi connectivity index (χ4v) is 2.01. The van der Waals surface area contributed by atoms with E-state index in [1.807, 2.05) is 31.2 Å². The first-order valence-corrected chi connectivity index (χ1v) is 6.22. The van der Waals surface area contributed by atoms with Crippen molar-refractivity contribution in [2.24, 2.45) is 0 Å². The highest BCUT2D eigenvalue weighted by atomic mass is 16.3. The number of phenolic OH excluding ortho intramolecular Hbond substituents is 1. The number of aromatic hydroxyl groups is 1. The average Bonchev–Trinajstić information content (AvgIpc) is 2.92. The van der Waals surface area contributed by atoms with Crippen LogP contribution in [0.5, 0.6) is 5.75 Å². The summed E-state index contributed by atoms with van der Waals surface area (Å²) in [5.41, 5.74) is 8.90. The van der Waals surface area contributed by atoms with Crippen molar-refractivity contribution in [3.05, 3.63) is 48.0 Å². The van der Waals surface area contributed by atoms with Gasteiger partial charge in [0.1, 0.15) is 5.75 Å². The SMILES string of the molecule is Cc1cccc(-c2n[nH]c(-c3ccc(O)c(N)c3)n2)c1. The molecule has 0 saturated carbocycles. The Balaban J connectivity index is 1.99. The van der Waals surface area contributed by atoms with Crippen LogP contribution in [-0.2, 0) is 0 Å². The number of aryl methyl sites for hydroxylation is 1. The van der Waals surface area contributed by atoms with E-state index in [2.05, 4.69) is 15.2 Å². The van der Waals surface area contributed by atoms with Crippen LogP contribution < -0.4 is 5.73 Å². The Morgan fingerprint density at radius 3 is 2.70 bits per heavy atom. The van der Waals surface area contributed by atoms with E-state index in [4.69, 9.17) is 5.73 Å². The molecule has 0 amide bonds. The number of phenols is 1. The molecule has 0 aliphatic carbocycles. The van der Waals surface area contributed by atoms with E-state index in [0.29, 0.717) is 17.3 Å². The van der Waals surface area contributed by atoms with Gasteiger partial charge in [0, 0.05) is 11.1 Å². The number of benzene rings is 2. The minimum atomic E-state index is 0.0622. The minimum absolute atomic E-state index is 0.0622. The number of nitrogen functional groups attached to an aromatic ring is 1. The van der Waals surface area contributed by atoms with Gasteiger partial charge in [0.05, 0.1) is 5.69 Å². The van der Waals surface area contributed by atoms with Crippen LogP contribution in [0.3, 0.4) is 0 Å². The van der Waals surface area contributed by atoms with Crippen molar-refractivity contribution in [2.75, 3.05) is 5.73 Å². The van der Waals surface area contributed by atoms with Crippen molar-refractivity contribution in [1.82, 2.24) is 15.2 Å². The van der Waals surface area contributed by atoms with Crippen molar-refractivity contribution in [1.29, 1.82) is 0 Å². The Morgan fingerprint density at radius 1 is 1.10 bits per heavy atom. The first-order chi connectivity index (χ1) is 9.63. The Labute approximate surface area is 116 Å². The molecule has 0 fully saturated rings. The molecule has 0 unspecified atom stereocenters. The second-order valence-corrected chi connectivity index (χ2v) is 4.65. The summed E-state index contributed by atoms with van der Waals surface area (Å²) >= 11 is 0. The predicted octanol–water partition coefficient (Wildman–Crippen LogP) is 2.73. The number of anilines is 1. The third-order valence-corrected chi connectivity index (χ3v) is 3.06. The molecule has 100 valence electrons. The first-order valence-electron chi connectivity index (χ1n) is 6.22. The summed E-state index contributed by atoms with van der Waals surface area (Å²) in [7, 11) is 0. The summed E-state index contributed by atoms with van der Waals surface area (Å²) in [4.78, 5) is 4.46. The molecule has 2 aromatic carbocycles. The quantitative estimate of drug-likeness (QED) is 0.491. The molecule has 0 aliphatic heterocycles. The number of hydrogen-bond donors (Lipinski definition) is 3. The third kappa shape index (κ3) is 2.21. The lowest BCUT2D eigenvalue weighted by molar-refractivity contribution is 0.478. The van der Waals surface area contributed by atoms with E-state index in [1.54, 1.807) is 18.2 Å². The molecular weight excluding hydrogens is 252 g/mol. The largest absolute Gasteiger partial charge is 0.506 e. The average molecular weight is 266 g/mol. The molecule has 0 saturated heterocycles. The standard InChI is InChI=1S/C15H14N4O/c1-9-3-2-4-10(7-9)14-17-15(19-18-14)11-5-6-13(20)12(16)8-11/h2-8,20H,16H2,1H3,(H,17,18,19). The zero-order valence-electron chi connectivity index (χ0n) is 11.0. The van der Waals surface area contributed by atoms with Gasteiger partial charge in [-0.2, -0.15) is 5.10 Å². The number of nitrogens with zero attached hydrogens (tertiary/aromatic N) is 2. The smallest absolute Gasteiger partial charge is 0.181 e. The van der Waals surface area contributed by atoms with Crippen molar-refractivity contribution >= 4 is 5.69 Å². The van der Waals surface area contributed by atoms with Crippen LogP contribution in [0, 0.1) is 6.92 Å². The highest BCUT2D eigenvalue weighted by Crippen LogP contribution is 2.26. The van der Waals surface area contributed by atoms with Crippen molar-refractivity contribution in [3.8, 4) is 28.5 Å². The van der Waals surface area contributed by atoms with Crippen LogP contribution in [0.25, 0.3) is 22.8 Å². The number of aromatic amines is 1. The molecule has 5 heteroatoms. The van der Waals surface area contributed by atoms with Gasteiger partial charge in [0.25, 0.3) is 0 Å². The van der Waals surface area contributed by atoms with Gasteiger partial charge >= 0.3 is 0 Å². The number of rotatable bonds is 2. The summed E-state index contributed by atoms with van der Waals surface area (Å²) in [5.74, 6) is 1.32. The fraction of sp³-hybridized carbons (Fsp3) is 0.0667. The molecule has 5 nitrogen and oxygen atoms in total. The van der Waals surface area contributed by atoms with Crippen LogP contribution in [0.2, 0.25) is 0 Å². The molecule has 1 heterocycles. The fourth-order valence-electron chi connectivity index (χ4n) is 2.01. The Bertz CT molecular complexity index is 764. The Hall–Kier alpha value is -2.82. The maximum absolute atomic E-state index is 9.43. The van der Waals surface area contributed by atoms with E-state index in [1.165, 1.54) is 0 Å².